The quantitative estimate of drug-likeness (QED) is 0.855. The van der Waals surface area contributed by atoms with Gasteiger partial charge in [0.2, 0.25) is 5.91 Å². The van der Waals surface area contributed by atoms with Crippen LogP contribution in [0.1, 0.15) is 24.0 Å². The zero-order chi connectivity index (χ0) is 15.4. The number of amides is 1. The standard InChI is InChI=1S/C16H20FN3O/c1-19(2)16(21)13-5-7-20(8-6-13)11-14-9-12(10-18)3-4-15(14)17/h3-4,9,13H,5-8,11H2,1-2H3. The summed E-state index contributed by atoms with van der Waals surface area (Å²) in [4.78, 5) is 15.7. The molecule has 0 radical (unpaired) electrons. The molecule has 1 aliphatic heterocycles. The fourth-order valence-corrected chi connectivity index (χ4v) is 2.71. The Morgan fingerprint density at radius 1 is 1.43 bits per heavy atom. The largest absolute Gasteiger partial charge is 0.349 e. The number of carbonyl (C=O) groups is 1. The third-order valence-electron chi connectivity index (χ3n) is 3.95. The maximum atomic E-state index is 13.8. The van der Waals surface area contributed by atoms with Crippen molar-refractivity contribution >= 4 is 5.91 Å². The van der Waals surface area contributed by atoms with Crippen molar-refractivity contribution in [2.75, 3.05) is 27.2 Å². The third kappa shape index (κ3) is 3.79. The molecule has 1 amide bonds. The summed E-state index contributed by atoms with van der Waals surface area (Å²) >= 11 is 0. The minimum atomic E-state index is -0.277. The minimum Gasteiger partial charge on any atom is -0.349 e. The summed E-state index contributed by atoms with van der Waals surface area (Å²) in [7, 11) is 3.55. The number of piperidine rings is 1. The average molecular weight is 289 g/mol. The molecule has 1 heterocycles. The van der Waals surface area contributed by atoms with Crippen molar-refractivity contribution in [3.05, 3.63) is 35.1 Å². The molecule has 1 aromatic carbocycles. The van der Waals surface area contributed by atoms with Gasteiger partial charge in [-0.3, -0.25) is 9.69 Å². The van der Waals surface area contributed by atoms with Crippen LogP contribution in [0, 0.1) is 23.1 Å². The molecule has 0 unspecified atom stereocenters. The van der Waals surface area contributed by atoms with Gasteiger partial charge >= 0.3 is 0 Å². The topological polar surface area (TPSA) is 47.3 Å². The Bertz CT molecular complexity index is 557. The summed E-state index contributed by atoms with van der Waals surface area (Å²) in [6.45, 7) is 2.05. The molecule has 0 saturated carbocycles. The Balaban J connectivity index is 1.95. The number of nitrogens with zero attached hydrogens (tertiary/aromatic N) is 3. The first-order chi connectivity index (χ1) is 10.0. The fourth-order valence-electron chi connectivity index (χ4n) is 2.71. The van der Waals surface area contributed by atoms with E-state index >= 15 is 0 Å². The van der Waals surface area contributed by atoms with Crippen molar-refractivity contribution in [2.45, 2.75) is 19.4 Å². The molecule has 0 N–H and O–H groups in total. The van der Waals surface area contributed by atoms with Gasteiger partial charge in [0.05, 0.1) is 11.6 Å². The van der Waals surface area contributed by atoms with E-state index in [-0.39, 0.29) is 17.6 Å². The monoisotopic (exact) mass is 289 g/mol. The van der Waals surface area contributed by atoms with E-state index in [1.54, 1.807) is 25.1 Å². The number of benzene rings is 1. The van der Waals surface area contributed by atoms with Gasteiger partial charge in [0.25, 0.3) is 0 Å². The Kier molecular flexibility index (Phi) is 4.92. The van der Waals surface area contributed by atoms with Crippen LogP contribution in [0.15, 0.2) is 18.2 Å². The zero-order valence-electron chi connectivity index (χ0n) is 12.5. The van der Waals surface area contributed by atoms with Gasteiger partial charge < -0.3 is 4.90 Å². The van der Waals surface area contributed by atoms with Gasteiger partial charge in [0, 0.05) is 32.1 Å². The minimum absolute atomic E-state index is 0.0755. The van der Waals surface area contributed by atoms with Gasteiger partial charge in [0.15, 0.2) is 0 Å². The first-order valence-corrected chi connectivity index (χ1v) is 7.13. The highest BCUT2D eigenvalue weighted by atomic mass is 19.1. The molecule has 21 heavy (non-hydrogen) atoms. The van der Waals surface area contributed by atoms with E-state index in [0.717, 1.165) is 25.9 Å². The van der Waals surface area contributed by atoms with Crippen molar-refractivity contribution in [1.29, 1.82) is 5.26 Å². The third-order valence-corrected chi connectivity index (χ3v) is 3.95. The van der Waals surface area contributed by atoms with Crippen LogP contribution in [0.2, 0.25) is 0 Å². The molecule has 1 saturated heterocycles. The Morgan fingerprint density at radius 2 is 2.10 bits per heavy atom. The summed E-state index contributed by atoms with van der Waals surface area (Å²) in [5, 5.41) is 8.88. The van der Waals surface area contributed by atoms with Crippen LogP contribution < -0.4 is 0 Å². The second-order valence-corrected chi connectivity index (χ2v) is 5.70. The van der Waals surface area contributed by atoms with Gasteiger partial charge in [-0.25, -0.2) is 4.39 Å². The van der Waals surface area contributed by atoms with Crippen LogP contribution in [0.25, 0.3) is 0 Å². The summed E-state index contributed by atoms with van der Waals surface area (Å²) in [6.07, 6.45) is 1.60. The lowest BCUT2D eigenvalue weighted by Gasteiger charge is -2.32. The predicted octanol–water partition coefficient (Wildman–Crippen LogP) is 2.00. The highest BCUT2D eigenvalue weighted by Gasteiger charge is 2.26. The van der Waals surface area contributed by atoms with E-state index in [2.05, 4.69) is 4.90 Å². The molecule has 112 valence electrons. The van der Waals surface area contributed by atoms with E-state index in [9.17, 15) is 9.18 Å². The number of carbonyl (C=O) groups excluding carboxylic acids is 1. The molecule has 1 fully saturated rings. The molecular formula is C16H20FN3O. The number of likely N-dealkylation sites (tertiary alicyclic amines) is 1. The lowest BCUT2D eigenvalue weighted by atomic mass is 9.95. The second kappa shape index (κ2) is 6.68. The van der Waals surface area contributed by atoms with Gasteiger partial charge in [0.1, 0.15) is 5.82 Å². The SMILES string of the molecule is CN(C)C(=O)C1CCN(Cc2cc(C#N)ccc2F)CC1. The van der Waals surface area contributed by atoms with Crippen molar-refractivity contribution in [1.82, 2.24) is 9.80 Å². The molecule has 0 aromatic heterocycles. The molecule has 0 bridgehead atoms. The first kappa shape index (κ1) is 15.5. The first-order valence-electron chi connectivity index (χ1n) is 7.13. The van der Waals surface area contributed by atoms with Gasteiger partial charge in [-0.05, 0) is 44.1 Å². The number of nitriles is 1. The molecule has 2 rings (SSSR count). The van der Waals surface area contributed by atoms with Crippen molar-refractivity contribution in [3.63, 3.8) is 0 Å². The maximum Gasteiger partial charge on any atom is 0.225 e. The molecular weight excluding hydrogens is 269 g/mol. The molecule has 0 atom stereocenters. The van der Waals surface area contributed by atoms with E-state index in [4.69, 9.17) is 5.26 Å². The molecule has 5 heteroatoms. The van der Waals surface area contributed by atoms with Crippen molar-refractivity contribution in [2.24, 2.45) is 5.92 Å². The Labute approximate surface area is 124 Å². The van der Waals surface area contributed by atoms with Crippen LogP contribution >= 0.6 is 0 Å². The highest BCUT2D eigenvalue weighted by Crippen LogP contribution is 2.21. The maximum absolute atomic E-state index is 13.8. The van der Waals surface area contributed by atoms with E-state index < -0.39 is 0 Å². The van der Waals surface area contributed by atoms with Crippen LogP contribution in [0.5, 0.6) is 0 Å². The number of halogens is 1. The van der Waals surface area contributed by atoms with Crippen molar-refractivity contribution in [3.8, 4) is 6.07 Å². The summed E-state index contributed by atoms with van der Waals surface area (Å²) in [5.74, 6) is -0.0284. The molecule has 1 aliphatic rings. The molecule has 0 aliphatic carbocycles. The second-order valence-electron chi connectivity index (χ2n) is 5.70. The number of hydrogen-bond donors (Lipinski definition) is 0. The van der Waals surface area contributed by atoms with Crippen molar-refractivity contribution < 1.29 is 9.18 Å². The summed E-state index contributed by atoms with van der Waals surface area (Å²) < 4.78 is 13.8. The van der Waals surface area contributed by atoms with Crippen LogP contribution in [0.4, 0.5) is 4.39 Å². The van der Waals surface area contributed by atoms with E-state index in [0.29, 0.717) is 17.7 Å². The van der Waals surface area contributed by atoms with Gasteiger partial charge in [-0.2, -0.15) is 5.26 Å². The number of rotatable bonds is 3. The normalized spacial score (nSPS) is 16.5. The summed E-state index contributed by atoms with van der Waals surface area (Å²) in [5.41, 5.74) is 1.02. The zero-order valence-corrected chi connectivity index (χ0v) is 12.5. The average Bonchev–Trinajstić information content (AvgIpc) is 2.49. The van der Waals surface area contributed by atoms with Gasteiger partial charge in [-0.15, -0.1) is 0 Å². The lowest BCUT2D eigenvalue weighted by molar-refractivity contribution is -0.134. The van der Waals surface area contributed by atoms with E-state index in [1.807, 2.05) is 6.07 Å². The van der Waals surface area contributed by atoms with Gasteiger partial charge in [-0.1, -0.05) is 0 Å². The van der Waals surface area contributed by atoms with Crippen LogP contribution in [-0.2, 0) is 11.3 Å². The predicted molar refractivity (Wildman–Crippen MR) is 77.8 cm³/mol. The fraction of sp³-hybridized carbons (Fsp3) is 0.500. The smallest absolute Gasteiger partial charge is 0.225 e. The van der Waals surface area contributed by atoms with E-state index in [1.165, 1.54) is 12.1 Å². The van der Waals surface area contributed by atoms with Crippen LogP contribution in [0.3, 0.4) is 0 Å². The molecule has 1 aromatic rings. The van der Waals surface area contributed by atoms with Crippen LogP contribution in [-0.4, -0.2) is 42.9 Å². The summed E-state index contributed by atoms with van der Waals surface area (Å²) in [6, 6.07) is 6.46. The number of hydrogen-bond acceptors (Lipinski definition) is 3. The lowest BCUT2D eigenvalue weighted by Crippen LogP contribution is -2.39. The molecule has 4 nitrogen and oxygen atoms in total. The Morgan fingerprint density at radius 3 is 2.67 bits per heavy atom. The molecule has 0 spiro atoms. The highest BCUT2D eigenvalue weighted by molar-refractivity contribution is 5.78. The Hall–Kier alpha value is -1.93.